The Balaban J connectivity index is 0.000000147. The van der Waals surface area contributed by atoms with Gasteiger partial charge >= 0.3 is 0 Å². The summed E-state index contributed by atoms with van der Waals surface area (Å²) in [6.07, 6.45) is -0.459. The fraction of sp³-hybridized carbons (Fsp3) is 0.471. The van der Waals surface area contributed by atoms with Crippen molar-refractivity contribution in [1.29, 1.82) is 0 Å². The van der Waals surface area contributed by atoms with E-state index >= 15 is 0 Å². The predicted octanol–water partition coefficient (Wildman–Crippen LogP) is 5.78. The summed E-state index contributed by atoms with van der Waals surface area (Å²) in [5.74, 6) is 0.411. The molecule has 6 atom stereocenters. The number of alkyl halides is 2. The van der Waals surface area contributed by atoms with Gasteiger partial charge in [0.25, 0.3) is 0 Å². The summed E-state index contributed by atoms with van der Waals surface area (Å²) in [5, 5.41) is 8.70. The maximum absolute atomic E-state index is 14.3. The molecule has 6 heterocycles. The highest BCUT2D eigenvalue weighted by atomic mass is 19.1. The zero-order valence-corrected chi connectivity index (χ0v) is 25.8. The number of fused-ring (bicyclic) bond motifs is 2. The number of benzene rings is 2. The lowest BCUT2D eigenvalue weighted by molar-refractivity contribution is 0.0760. The van der Waals surface area contributed by atoms with Crippen LogP contribution in [0.5, 0.6) is 0 Å². The van der Waals surface area contributed by atoms with Crippen molar-refractivity contribution < 1.29 is 27.8 Å². The van der Waals surface area contributed by atoms with Gasteiger partial charge in [-0.15, -0.1) is 10.2 Å². The highest BCUT2D eigenvalue weighted by Gasteiger charge is 2.44. The highest BCUT2D eigenvalue weighted by molar-refractivity contribution is 5.98. The van der Waals surface area contributed by atoms with Gasteiger partial charge in [0.1, 0.15) is 0 Å². The Kier molecular flexibility index (Phi) is 7.88. The van der Waals surface area contributed by atoms with E-state index in [9.17, 15) is 18.4 Å². The minimum Gasteiger partial charge on any atom is -0.380 e. The van der Waals surface area contributed by atoms with E-state index in [-0.39, 0.29) is 46.9 Å². The van der Waals surface area contributed by atoms with Crippen LogP contribution in [0.2, 0.25) is 0 Å². The maximum Gasteiger partial charge on any atom is 0.218 e. The molecule has 46 heavy (non-hydrogen) atoms. The molecule has 0 unspecified atom stereocenters. The number of nitrogens with zero attached hydrogens (tertiary/aromatic N) is 6. The molecule has 4 aromatic rings. The van der Waals surface area contributed by atoms with Crippen LogP contribution in [0, 0.1) is 10.8 Å². The van der Waals surface area contributed by atoms with Crippen LogP contribution in [-0.2, 0) is 9.47 Å². The van der Waals surface area contributed by atoms with Crippen molar-refractivity contribution in [2.75, 3.05) is 26.4 Å². The Morgan fingerprint density at radius 1 is 0.696 bits per heavy atom. The standard InChI is InChI=1S/2C17H18FN3O2/c2*1-17(7-8-23-10-17)14(22)15-19-16-12(18)9-13(21(16)20-15)11-5-3-2-4-6-11/h2*2-6,12-13H,7-10H2,1H3/t12-,13-,17+;12-,13-,17-/m00/s1. The van der Waals surface area contributed by atoms with E-state index in [0.29, 0.717) is 52.1 Å². The summed E-state index contributed by atoms with van der Waals surface area (Å²) in [7, 11) is 0. The number of hydrogen-bond donors (Lipinski definition) is 0. The van der Waals surface area contributed by atoms with Crippen molar-refractivity contribution in [1.82, 2.24) is 29.5 Å². The number of halogens is 2. The molecule has 0 bridgehead atoms. The molecule has 8 rings (SSSR count). The molecule has 2 aromatic carbocycles. The van der Waals surface area contributed by atoms with Crippen LogP contribution >= 0.6 is 0 Å². The molecule has 0 saturated carbocycles. The van der Waals surface area contributed by atoms with Crippen LogP contribution in [0.25, 0.3) is 0 Å². The van der Waals surface area contributed by atoms with Gasteiger partial charge in [0, 0.05) is 26.1 Å². The Bertz CT molecular complexity index is 1600. The average Bonchev–Trinajstić information content (AvgIpc) is 3.92. The summed E-state index contributed by atoms with van der Waals surface area (Å²) in [6, 6.07) is 18.9. The first-order chi connectivity index (χ1) is 22.2. The van der Waals surface area contributed by atoms with E-state index in [1.807, 2.05) is 74.5 Å². The Hall–Kier alpha value is -4.16. The first-order valence-electron chi connectivity index (χ1n) is 15.7. The zero-order valence-electron chi connectivity index (χ0n) is 25.8. The summed E-state index contributed by atoms with van der Waals surface area (Å²) in [6.45, 7) is 5.59. The van der Waals surface area contributed by atoms with Crippen molar-refractivity contribution in [3.63, 3.8) is 0 Å². The smallest absolute Gasteiger partial charge is 0.218 e. The first-order valence-corrected chi connectivity index (χ1v) is 15.7. The van der Waals surface area contributed by atoms with Crippen LogP contribution in [-0.4, -0.2) is 67.5 Å². The number of ether oxygens (including phenoxy) is 2. The zero-order chi connectivity index (χ0) is 32.1. The molecule has 0 aliphatic carbocycles. The second-order valence-corrected chi connectivity index (χ2v) is 13.1. The van der Waals surface area contributed by atoms with Crippen molar-refractivity contribution in [3.8, 4) is 0 Å². The third-order valence-corrected chi connectivity index (χ3v) is 9.64. The second kappa shape index (κ2) is 11.9. The average molecular weight is 631 g/mol. The van der Waals surface area contributed by atoms with E-state index < -0.39 is 23.2 Å². The van der Waals surface area contributed by atoms with Crippen LogP contribution in [0.1, 0.15) is 108 Å². The molecule has 240 valence electrons. The number of carbonyl (C=O) groups is 2. The first kappa shape index (κ1) is 30.5. The lowest BCUT2D eigenvalue weighted by Crippen LogP contribution is -2.29. The molecular weight excluding hydrogens is 594 g/mol. The van der Waals surface area contributed by atoms with E-state index in [2.05, 4.69) is 20.2 Å². The molecule has 0 N–H and O–H groups in total. The van der Waals surface area contributed by atoms with Gasteiger partial charge < -0.3 is 9.47 Å². The fourth-order valence-corrected chi connectivity index (χ4v) is 6.69. The van der Waals surface area contributed by atoms with Crippen molar-refractivity contribution in [3.05, 3.63) is 95.1 Å². The number of hydrogen-bond acceptors (Lipinski definition) is 8. The van der Waals surface area contributed by atoms with Gasteiger partial charge in [0.15, 0.2) is 24.0 Å². The van der Waals surface area contributed by atoms with Gasteiger partial charge in [-0.2, -0.15) is 0 Å². The van der Waals surface area contributed by atoms with Crippen molar-refractivity contribution in [2.24, 2.45) is 10.8 Å². The monoisotopic (exact) mass is 630 g/mol. The van der Waals surface area contributed by atoms with Crippen molar-refractivity contribution >= 4 is 11.6 Å². The SMILES string of the molecule is C[C@@]1(C(=O)c2nc3n(n2)[C@H](c2ccccc2)C[C@@H]3F)CCOC1.C[C@]1(C(=O)c2nc3n(n2)[C@H](c2ccccc2)C[C@@H]3F)CCOC1. The normalized spacial score (nSPS) is 29.7. The van der Waals surface area contributed by atoms with E-state index in [4.69, 9.17) is 9.47 Å². The molecule has 0 radical (unpaired) electrons. The van der Waals surface area contributed by atoms with E-state index in [0.717, 1.165) is 11.1 Å². The van der Waals surface area contributed by atoms with Gasteiger partial charge in [-0.3, -0.25) is 9.59 Å². The largest absolute Gasteiger partial charge is 0.380 e. The van der Waals surface area contributed by atoms with Gasteiger partial charge in [0.2, 0.25) is 23.2 Å². The predicted molar refractivity (Wildman–Crippen MR) is 162 cm³/mol. The van der Waals surface area contributed by atoms with Crippen LogP contribution < -0.4 is 0 Å². The third kappa shape index (κ3) is 5.37. The molecule has 2 fully saturated rings. The third-order valence-electron chi connectivity index (χ3n) is 9.64. The summed E-state index contributed by atoms with van der Waals surface area (Å²) in [4.78, 5) is 33.8. The van der Waals surface area contributed by atoms with Gasteiger partial charge in [-0.1, -0.05) is 60.7 Å². The summed E-state index contributed by atoms with van der Waals surface area (Å²) < 4.78 is 42.5. The molecule has 10 nitrogen and oxygen atoms in total. The fourth-order valence-electron chi connectivity index (χ4n) is 6.69. The number of aromatic nitrogens is 6. The molecule has 4 aliphatic rings. The van der Waals surface area contributed by atoms with Gasteiger partial charge in [-0.25, -0.2) is 28.1 Å². The van der Waals surface area contributed by atoms with Crippen LogP contribution in [0.3, 0.4) is 0 Å². The minimum absolute atomic E-state index is 0.108. The summed E-state index contributed by atoms with van der Waals surface area (Å²) in [5.41, 5.74) is 0.759. The lowest BCUT2D eigenvalue weighted by atomic mass is 9.85. The number of rotatable bonds is 6. The van der Waals surface area contributed by atoms with Crippen LogP contribution in [0.15, 0.2) is 60.7 Å². The van der Waals surface area contributed by atoms with Crippen LogP contribution in [0.4, 0.5) is 8.78 Å². The maximum atomic E-state index is 14.3. The second-order valence-electron chi connectivity index (χ2n) is 13.1. The van der Waals surface area contributed by atoms with E-state index in [1.165, 1.54) is 0 Å². The van der Waals surface area contributed by atoms with Gasteiger partial charge in [-0.05, 0) is 37.8 Å². The summed E-state index contributed by atoms with van der Waals surface area (Å²) >= 11 is 0. The Labute approximate surface area is 265 Å². The number of ketones is 2. The molecule has 4 aliphatic heterocycles. The molecular formula is C34H36F2N6O4. The topological polar surface area (TPSA) is 114 Å². The van der Waals surface area contributed by atoms with E-state index in [1.54, 1.807) is 9.36 Å². The molecule has 0 amide bonds. The Morgan fingerprint density at radius 2 is 1.09 bits per heavy atom. The molecule has 2 aromatic heterocycles. The quantitative estimate of drug-likeness (QED) is 0.246. The number of Topliss-reactive ketones (excluding diaryl/α,β-unsaturated/α-hetero) is 2. The highest BCUT2D eigenvalue weighted by Crippen LogP contribution is 2.42. The van der Waals surface area contributed by atoms with Gasteiger partial charge in [0.05, 0.1) is 36.1 Å². The molecule has 2 saturated heterocycles. The number of carbonyl (C=O) groups excluding carboxylic acids is 2. The molecule has 12 heteroatoms. The Morgan fingerprint density at radius 3 is 1.43 bits per heavy atom. The van der Waals surface area contributed by atoms with Crippen molar-refractivity contribution in [2.45, 2.75) is 64.0 Å². The lowest BCUT2D eigenvalue weighted by Gasteiger charge is -2.17. The minimum atomic E-state index is -1.19. The molecule has 0 spiro atoms.